The topological polar surface area (TPSA) is 79.9 Å². The molecule has 2 fully saturated rings. The zero-order chi connectivity index (χ0) is 17.4. The number of aromatic nitrogens is 2. The summed E-state index contributed by atoms with van der Waals surface area (Å²) in [7, 11) is 1.87. The van der Waals surface area contributed by atoms with Crippen molar-refractivity contribution >= 4 is 5.91 Å². The maximum absolute atomic E-state index is 12.6. The van der Waals surface area contributed by atoms with Gasteiger partial charge in [-0.2, -0.15) is 10.4 Å². The second-order valence-electron chi connectivity index (χ2n) is 6.81. The molecule has 1 aromatic carbocycles. The molecular formula is C19H20N4O2. The highest BCUT2D eigenvalue weighted by molar-refractivity contribution is 5.94. The van der Waals surface area contributed by atoms with Gasteiger partial charge >= 0.3 is 0 Å². The third-order valence-electron chi connectivity index (χ3n) is 5.22. The third kappa shape index (κ3) is 2.81. The quantitative estimate of drug-likeness (QED) is 0.928. The van der Waals surface area contributed by atoms with Crippen molar-refractivity contribution in [3.63, 3.8) is 0 Å². The number of carbonyl (C=O) groups excluding carboxylic acids is 1. The largest absolute Gasteiger partial charge is 0.370 e. The molecule has 6 nitrogen and oxygen atoms in total. The van der Waals surface area contributed by atoms with Crippen LogP contribution in [0.3, 0.4) is 0 Å². The fraction of sp³-hybridized carbons (Fsp3) is 0.421. The van der Waals surface area contributed by atoms with Crippen molar-refractivity contribution in [2.45, 2.75) is 36.8 Å². The first-order valence-corrected chi connectivity index (χ1v) is 8.55. The van der Waals surface area contributed by atoms with Crippen LogP contribution in [0.1, 0.15) is 47.0 Å². The molecule has 1 N–H and O–H groups in total. The molecule has 0 spiro atoms. The Morgan fingerprint density at radius 2 is 2.12 bits per heavy atom. The highest BCUT2D eigenvalue weighted by atomic mass is 16.5. The first kappa shape index (κ1) is 15.9. The monoisotopic (exact) mass is 336 g/mol. The van der Waals surface area contributed by atoms with E-state index in [1.807, 2.05) is 25.2 Å². The number of amides is 1. The maximum atomic E-state index is 12.6. The molecule has 1 saturated heterocycles. The number of nitriles is 1. The average Bonchev–Trinajstić information content (AvgIpc) is 3.13. The normalized spacial score (nSPS) is 23.8. The summed E-state index contributed by atoms with van der Waals surface area (Å²) in [6, 6.07) is 11.6. The summed E-state index contributed by atoms with van der Waals surface area (Å²) in [6.07, 6.45) is 4.14. The van der Waals surface area contributed by atoms with Gasteiger partial charge in [0.2, 0.25) is 0 Å². The molecule has 128 valence electrons. The molecule has 1 aliphatic heterocycles. The molecule has 1 saturated carbocycles. The van der Waals surface area contributed by atoms with Crippen LogP contribution >= 0.6 is 0 Å². The van der Waals surface area contributed by atoms with Crippen molar-refractivity contribution in [2.24, 2.45) is 7.05 Å². The molecule has 1 amide bonds. The molecule has 2 aliphatic rings. The summed E-state index contributed by atoms with van der Waals surface area (Å²) in [5.74, 6) is -0.115. The number of ether oxygens (including phenoxy) is 1. The molecule has 2 atom stereocenters. The molecular weight excluding hydrogens is 316 g/mol. The van der Waals surface area contributed by atoms with E-state index in [1.165, 1.54) is 0 Å². The second kappa shape index (κ2) is 6.01. The first-order valence-electron chi connectivity index (χ1n) is 8.55. The minimum atomic E-state index is -0.321. The van der Waals surface area contributed by atoms with Crippen LogP contribution in [-0.2, 0) is 17.2 Å². The first-order chi connectivity index (χ1) is 12.1. The molecule has 4 rings (SSSR count). The SMILES string of the molecule is Cn1nccc1[C@H]1OCC[C@@H]1NC(=O)c1ccc(C2(C#N)CC2)cc1. The summed E-state index contributed by atoms with van der Waals surface area (Å²) in [5, 5.41) is 16.5. The van der Waals surface area contributed by atoms with Crippen molar-refractivity contribution in [1.82, 2.24) is 15.1 Å². The Labute approximate surface area is 146 Å². The van der Waals surface area contributed by atoms with E-state index in [1.54, 1.807) is 23.0 Å². The van der Waals surface area contributed by atoms with Crippen LogP contribution < -0.4 is 5.32 Å². The van der Waals surface area contributed by atoms with Crippen LogP contribution in [0.5, 0.6) is 0 Å². The number of hydrogen-bond donors (Lipinski definition) is 1. The Morgan fingerprint density at radius 3 is 2.72 bits per heavy atom. The molecule has 0 unspecified atom stereocenters. The molecule has 0 radical (unpaired) electrons. The Balaban J connectivity index is 1.46. The Kier molecular flexibility index (Phi) is 3.81. The van der Waals surface area contributed by atoms with E-state index >= 15 is 0 Å². The van der Waals surface area contributed by atoms with Crippen molar-refractivity contribution in [2.75, 3.05) is 6.61 Å². The van der Waals surface area contributed by atoms with E-state index in [0.717, 1.165) is 30.5 Å². The van der Waals surface area contributed by atoms with E-state index in [2.05, 4.69) is 16.5 Å². The third-order valence-corrected chi connectivity index (χ3v) is 5.22. The van der Waals surface area contributed by atoms with Crippen molar-refractivity contribution < 1.29 is 9.53 Å². The lowest BCUT2D eigenvalue weighted by Gasteiger charge is -2.20. The zero-order valence-electron chi connectivity index (χ0n) is 14.1. The number of aryl methyl sites for hydroxylation is 1. The van der Waals surface area contributed by atoms with Gasteiger partial charge in [-0.25, -0.2) is 0 Å². The van der Waals surface area contributed by atoms with Gasteiger partial charge in [-0.15, -0.1) is 0 Å². The van der Waals surface area contributed by atoms with Crippen LogP contribution in [0, 0.1) is 11.3 Å². The summed E-state index contributed by atoms with van der Waals surface area (Å²) < 4.78 is 7.58. The highest BCUT2D eigenvalue weighted by Crippen LogP contribution is 2.47. The number of carbonyl (C=O) groups is 1. The van der Waals surface area contributed by atoms with E-state index in [0.29, 0.717) is 12.2 Å². The number of nitrogens with zero attached hydrogens (tertiary/aromatic N) is 3. The lowest BCUT2D eigenvalue weighted by molar-refractivity contribution is 0.0792. The summed E-state index contributed by atoms with van der Waals surface area (Å²) in [6.45, 7) is 0.615. The summed E-state index contributed by atoms with van der Waals surface area (Å²) in [4.78, 5) is 12.6. The molecule has 1 aliphatic carbocycles. The maximum Gasteiger partial charge on any atom is 0.251 e. The Bertz CT molecular complexity index is 830. The number of hydrogen-bond acceptors (Lipinski definition) is 4. The molecule has 6 heteroatoms. The van der Waals surface area contributed by atoms with E-state index < -0.39 is 0 Å². The summed E-state index contributed by atoms with van der Waals surface area (Å²) in [5.41, 5.74) is 2.25. The Hall–Kier alpha value is -2.65. The van der Waals surface area contributed by atoms with Crippen LogP contribution in [0.25, 0.3) is 0 Å². The fourth-order valence-corrected chi connectivity index (χ4v) is 3.47. The second-order valence-corrected chi connectivity index (χ2v) is 6.81. The predicted octanol–water partition coefficient (Wildman–Crippen LogP) is 2.24. The number of rotatable bonds is 4. The van der Waals surface area contributed by atoms with Crippen LogP contribution in [0.2, 0.25) is 0 Å². The lowest BCUT2D eigenvalue weighted by Crippen LogP contribution is -2.37. The van der Waals surface area contributed by atoms with Gasteiger partial charge in [0.25, 0.3) is 5.91 Å². The number of benzene rings is 1. The number of nitrogens with one attached hydrogen (secondary N) is 1. The van der Waals surface area contributed by atoms with E-state index in [4.69, 9.17) is 4.74 Å². The highest BCUT2D eigenvalue weighted by Gasteiger charge is 2.44. The zero-order valence-corrected chi connectivity index (χ0v) is 14.1. The minimum Gasteiger partial charge on any atom is -0.370 e. The van der Waals surface area contributed by atoms with Gasteiger partial charge in [0.05, 0.1) is 23.2 Å². The van der Waals surface area contributed by atoms with Crippen molar-refractivity contribution in [3.05, 3.63) is 53.3 Å². The molecule has 2 heterocycles. The van der Waals surface area contributed by atoms with Gasteiger partial charge in [-0.1, -0.05) is 12.1 Å². The van der Waals surface area contributed by atoms with Crippen LogP contribution in [-0.4, -0.2) is 28.3 Å². The van der Waals surface area contributed by atoms with Gasteiger partial charge in [0, 0.05) is 25.4 Å². The standard InChI is InChI=1S/C19H20N4O2/c1-23-16(6-10-21-23)17-15(7-11-25-17)22-18(24)13-2-4-14(5-3-13)19(12-20)8-9-19/h2-6,10,15,17H,7-9,11H2,1H3,(H,22,24)/t15-,17-/m0/s1. The van der Waals surface area contributed by atoms with Gasteiger partial charge in [-0.3, -0.25) is 9.48 Å². The van der Waals surface area contributed by atoms with E-state index in [9.17, 15) is 10.1 Å². The minimum absolute atomic E-state index is 0.0727. The van der Waals surface area contributed by atoms with Gasteiger partial charge in [0.1, 0.15) is 6.10 Å². The Morgan fingerprint density at radius 1 is 1.36 bits per heavy atom. The van der Waals surface area contributed by atoms with E-state index in [-0.39, 0.29) is 23.5 Å². The van der Waals surface area contributed by atoms with Crippen molar-refractivity contribution in [1.29, 1.82) is 5.26 Å². The molecule has 1 aromatic heterocycles. The van der Waals surface area contributed by atoms with Crippen molar-refractivity contribution in [3.8, 4) is 6.07 Å². The van der Waals surface area contributed by atoms with Gasteiger partial charge < -0.3 is 10.1 Å². The predicted molar refractivity (Wildman–Crippen MR) is 90.7 cm³/mol. The average molecular weight is 336 g/mol. The summed E-state index contributed by atoms with van der Waals surface area (Å²) >= 11 is 0. The smallest absolute Gasteiger partial charge is 0.251 e. The fourth-order valence-electron chi connectivity index (χ4n) is 3.47. The van der Waals surface area contributed by atoms with Crippen LogP contribution in [0.15, 0.2) is 36.5 Å². The van der Waals surface area contributed by atoms with Crippen LogP contribution in [0.4, 0.5) is 0 Å². The van der Waals surface area contributed by atoms with Gasteiger partial charge in [-0.05, 0) is 43.0 Å². The van der Waals surface area contributed by atoms with Gasteiger partial charge in [0.15, 0.2) is 0 Å². The lowest BCUT2D eigenvalue weighted by atomic mass is 9.96. The molecule has 25 heavy (non-hydrogen) atoms. The molecule has 0 bridgehead atoms. The molecule has 2 aromatic rings.